The number of nitrogens with zero attached hydrogens (tertiary/aromatic N) is 8. The number of aromatic nitrogens is 8. The summed E-state index contributed by atoms with van der Waals surface area (Å²) < 4.78 is 5.35. The van der Waals surface area contributed by atoms with Crippen LogP contribution in [0.2, 0.25) is 0 Å². The fraction of sp³-hybridized carbons (Fsp3) is 0.143. The molecular formula is C28H26N10O. The summed E-state index contributed by atoms with van der Waals surface area (Å²) in [5.41, 5.74) is 17.6. The average Bonchev–Trinajstić information content (AvgIpc) is 3.75. The molecule has 0 bridgehead atoms. The molecule has 194 valence electrons. The molecule has 0 atom stereocenters. The van der Waals surface area contributed by atoms with Crippen molar-refractivity contribution in [2.45, 2.75) is 19.3 Å². The minimum atomic E-state index is -0.490. The first-order chi connectivity index (χ1) is 19.0. The average molecular weight is 519 g/mol. The number of benzene rings is 1. The van der Waals surface area contributed by atoms with Gasteiger partial charge in [0.15, 0.2) is 17.3 Å². The maximum absolute atomic E-state index is 10.4. The molecule has 0 saturated heterocycles. The number of anilines is 1. The summed E-state index contributed by atoms with van der Waals surface area (Å²) in [4.78, 5) is 24.4. The molecule has 5 heterocycles. The van der Waals surface area contributed by atoms with Gasteiger partial charge < -0.3 is 11.5 Å². The zero-order valence-electron chi connectivity index (χ0n) is 21.3. The third-order valence-corrected chi connectivity index (χ3v) is 6.61. The first-order valence-electron chi connectivity index (χ1n) is 12.5. The molecule has 5 aromatic heterocycles. The van der Waals surface area contributed by atoms with Crippen LogP contribution in [0.1, 0.15) is 28.0 Å². The van der Waals surface area contributed by atoms with Gasteiger partial charge in [-0.3, -0.25) is 14.0 Å². The van der Waals surface area contributed by atoms with Crippen LogP contribution in [-0.2, 0) is 19.9 Å². The van der Waals surface area contributed by atoms with E-state index in [1.54, 1.807) is 36.4 Å². The molecule has 11 heteroatoms. The highest BCUT2D eigenvalue weighted by Crippen LogP contribution is 2.32. The summed E-state index contributed by atoms with van der Waals surface area (Å²) in [6.07, 6.45) is 10.4. The van der Waals surface area contributed by atoms with Crippen LogP contribution in [0.15, 0.2) is 79.4 Å². The van der Waals surface area contributed by atoms with Gasteiger partial charge in [0.25, 0.3) is 5.91 Å². The predicted molar refractivity (Wildman–Crippen MR) is 147 cm³/mol. The van der Waals surface area contributed by atoms with E-state index in [1.165, 1.54) is 22.2 Å². The Bertz CT molecular complexity index is 1800. The minimum Gasteiger partial charge on any atom is -0.383 e. The van der Waals surface area contributed by atoms with Crippen molar-refractivity contribution in [2.24, 2.45) is 12.8 Å². The number of hydrogen-bond donors (Lipinski definition) is 2. The van der Waals surface area contributed by atoms with Crippen molar-refractivity contribution in [3.05, 3.63) is 96.2 Å². The Morgan fingerprint density at radius 3 is 2.54 bits per heavy atom. The molecule has 1 aromatic carbocycles. The molecule has 39 heavy (non-hydrogen) atoms. The van der Waals surface area contributed by atoms with Crippen molar-refractivity contribution in [2.75, 3.05) is 5.73 Å². The monoisotopic (exact) mass is 518 g/mol. The van der Waals surface area contributed by atoms with Crippen molar-refractivity contribution < 1.29 is 4.79 Å². The van der Waals surface area contributed by atoms with E-state index in [4.69, 9.17) is 21.4 Å². The first-order valence-corrected chi connectivity index (χ1v) is 12.5. The van der Waals surface area contributed by atoms with E-state index in [0.29, 0.717) is 11.5 Å². The van der Waals surface area contributed by atoms with Crippen LogP contribution in [-0.4, -0.2) is 45.0 Å². The summed E-state index contributed by atoms with van der Waals surface area (Å²) in [6, 6.07) is 17.8. The Balaban J connectivity index is 0.000000263. The van der Waals surface area contributed by atoms with Crippen LogP contribution < -0.4 is 11.5 Å². The fourth-order valence-corrected chi connectivity index (χ4v) is 4.75. The van der Waals surface area contributed by atoms with Gasteiger partial charge in [-0.2, -0.15) is 10.2 Å². The molecule has 6 aromatic rings. The summed E-state index contributed by atoms with van der Waals surface area (Å²) in [7, 11) is 1.73. The molecule has 0 fully saturated rings. The summed E-state index contributed by atoms with van der Waals surface area (Å²) in [6.45, 7) is 0. The Morgan fingerprint density at radius 1 is 0.949 bits per heavy atom. The third kappa shape index (κ3) is 4.61. The van der Waals surface area contributed by atoms with Gasteiger partial charge in [0.05, 0.1) is 5.56 Å². The second kappa shape index (κ2) is 9.86. The van der Waals surface area contributed by atoms with Crippen LogP contribution in [0, 0.1) is 0 Å². The quantitative estimate of drug-likeness (QED) is 0.364. The van der Waals surface area contributed by atoms with Crippen molar-refractivity contribution in [1.29, 1.82) is 0 Å². The van der Waals surface area contributed by atoms with Crippen molar-refractivity contribution in [3.8, 4) is 22.9 Å². The van der Waals surface area contributed by atoms with E-state index in [1.807, 2.05) is 36.5 Å². The van der Waals surface area contributed by atoms with Crippen LogP contribution in [0.25, 0.3) is 34.1 Å². The second-order valence-corrected chi connectivity index (χ2v) is 9.22. The Hall–Kier alpha value is -5.32. The molecule has 1 aliphatic rings. The highest BCUT2D eigenvalue weighted by molar-refractivity contribution is 5.90. The highest BCUT2D eigenvalue weighted by atomic mass is 16.1. The molecule has 1 amide bonds. The number of carbonyl (C=O) groups excluding carboxylic acids is 1. The maximum atomic E-state index is 10.4. The van der Waals surface area contributed by atoms with Crippen molar-refractivity contribution in [1.82, 2.24) is 39.1 Å². The second-order valence-electron chi connectivity index (χ2n) is 9.22. The molecule has 0 radical (unpaired) electrons. The zero-order chi connectivity index (χ0) is 26.9. The number of amides is 1. The minimum absolute atomic E-state index is 0.303. The van der Waals surface area contributed by atoms with Crippen LogP contribution in [0.3, 0.4) is 0 Å². The molecule has 0 saturated carbocycles. The number of rotatable bonds is 4. The van der Waals surface area contributed by atoms with Gasteiger partial charge in [-0.1, -0.05) is 6.07 Å². The molecule has 7 rings (SSSR count). The Kier molecular flexibility index (Phi) is 6.08. The number of aryl methyl sites for hydroxylation is 3. The number of imidazole rings is 1. The standard InChI is InChI=1S/C23H19N7.C5H7N3O/c24-21-18(6-2-11-25-21)22-27-19-9-10-20(29-13-3-12-26-29)28-23(19)30(22)17-8-7-15-4-1-5-16(15)14-17;1-8-3-2-4(7-8)5(6)9/h2-3,6-14H,1,4-5H2,(H2,24,25);2-3H,1H3,(H2,6,9). The lowest BCUT2D eigenvalue weighted by atomic mass is 10.1. The molecule has 11 nitrogen and oxygen atoms in total. The number of nitrogens with two attached hydrogens (primary N) is 2. The topological polar surface area (TPSA) is 148 Å². The number of carbonyl (C=O) groups is 1. The lowest BCUT2D eigenvalue weighted by Crippen LogP contribution is -2.11. The van der Waals surface area contributed by atoms with Gasteiger partial charge >= 0.3 is 0 Å². The third-order valence-electron chi connectivity index (χ3n) is 6.61. The van der Waals surface area contributed by atoms with E-state index in [2.05, 4.69) is 37.9 Å². The molecule has 1 aliphatic carbocycles. The fourth-order valence-electron chi connectivity index (χ4n) is 4.75. The number of pyridine rings is 2. The number of hydrogen-bond acceptors (Lipinski definition) is 7. The number of fused-ring (bicyclic) bond motifs is 2. The van der Waals surface area contributed by atoms with Gasteiger partial charge in [0, 0.05) is 37.5 Å². The number of nitrogen functional groups attached to an aromatic ring is 1. The molecule has 0 unspecified atom stereocenters. The van der Waals surface area contributed by atoms with E-state index >= 15 is 0 Å². The Morgan fingerprint density at radius 2 is 1.82 bits per heavy atom. The van der Waals surface area contributed by atoms with Crippen LogP contribution >= 0.6 is 0 Å². The lowest BCUT2D eigenvalue weighted by Gasteiger charge is -2.12. The predicted octanol–water partition coefficient (Wildman–Crippen LogP) is 3.26. The molecule has 0 aliphatic heterocycles. The first kappa shape index (κ1) is 24.0. The lowest BCUT2D eigenvalue weighted by molar-refractivity contribution is 0.0995. The van der Waals surface area contributed by atoms with Crippen LogP contribution in [0.4, 0.5) is 5.82 Å². The SMILES string of the molecule is Cn1ccc(C(N)=O)n1.Nc1ncccc1-c1nc2ccc(-n3cccn3)nc2n1-c1ccc2c(c1)CCC2. The van der Waals surface area contributed by atoms with E-state index in [-0.39, 0.29) is 0 Å². The summed E-state index contributed by atoms with van der Waals surface area (Å²) in [5.74, 6) is 1.43. The van der Waals surface area contributed by atoms with Crippen LogP contribution in [0.5, 0.6) is 0 Å². The van der Waals surface area contributed by atoms with E-state index in [0.717, 1.165) is 46.9 Å². The summed E-state index contributed by atoms with van der Waals surface area (Å²) >= 11 is 0. The van der Waals surface area contributed by atoms with Gasteiger partial charge in [0.1, 0.15) is 17.0 Å². The van der Waals surface area contributed by atoms with E-state index < -0.39 is 5.91 Å². The van der Waals surface area contributed by atoms with Gasteiger partial charge in [-0.15, -0.1) is 0 Å². The van der Waals surface area contributed by atoms with Gasteiger partial charge in [-0.05, 0) is 78.9 Å². The van der Waals surface area contributed by atoms with Crippen molar-refractivity contribution in [3.63, 3.8) is 0 Å². The zero-order valence-corrected chi connectivity index (χ0v) is 21.3. The van der Waals surface area contributed by atoms with Gasteiger partial charge in [0.2, 0.25) is 0 Å². The smallest absolute Gasteiger partial charge is 0.269 e. The summed E-state index contributed by atoms with van der Waals surface area (Å²) in [5, 5.41) is 8.07. The molecule has 0 spiro atoms. The largest absolute Gasteiger partial charge is 0.383 e. The van der Waals surface area contributed by atoms with Crippen molar-refractivity contribution >= 4 is 22.9 Å². The van der Waals surface area contributed by atoms with Gasteiger partial charge in [-0.25, -0.2) is 19.6 Å². The molecular weight excluding hydrogens is 492 g/mol. The number of primary amides is 1. The highest BCUT2D eigenvalue weighted by Gasteiger charge is 2.20. The molecule has 4 N–H and O–H groups in total. The normalized spacial score (nSPS) is 12.2. The maximum Gasteiger partial charge on any atom is 0.269 e. The van der Waals surface area contributed by atoms with E-state index in [9.17, 15) is 4.79 Å². The Labute approximate surface area is 223 Å².